The Morgan fingerprint density at radius 1 is 1.07 bits per heavy atom. The Kier molecular flexibility index (Phi) is 4.41. The minimum Gasteiger partial charge on any atom is -0.342 e. The van der Waals surface area contributed by atoms with Gasteiger partial charge in [0.25, 0.3) is 0 Å². The lowest BCUT2D eigenvalue weighted by Gasteiger charge is -2.11. The Morgan fingerprint density at radius 3 is 2.52 bits per heavy atom. The van der Waals surface area contributed by atoms with E-state index in [9.17, 15) is 8.42 Å². The molecule has 0 saturated heterocycles. The number of aryl methyl sites for hydroxylation is 2. The predicted octanol–water partition coefficient (Wildman–Crippen LogP) is 2.73. The van der Waals surface area contributed by atoms with Crippen molar-refractivity contribution >= 4 is 27.5 Å². The van der Waals surface area contributed by atoms with Crippen LogP contribution in [0.2, 0.25) is 0 Å². The standard InChI is InChI=1S/C19H19N5O2S/c1-13-18(17-8-9-23(2)21-17)19-15(11-20-13)7-10-24(19)12-14-3-5-16(6-4-14)22-27(25)26/h3-11,27H,12H2,1-2H3,(H,22,25,26). The molecule has 0 saturated carbocycles. The van der Waals surface area contributed by atoms with Gasteiger partial charge in [-0.15, -0.1) is 0 Å². The fourth-order valence-corrected chi connectivity index (χ4v) is 3.62. The normalized spacial score (nSPS) is 11.4. The number of pyridine rings is 1. The summed E-state index contributed by atoms with van der Waals surface area (Å²) in [6.07, 6.45) is 5.85. The van der Waals surface area contributed by atoms with Gasteiger partial charge in [-0.05, 0) is 36.8 Å². The minimum absolute atomic E-state index is 0.557. The summed E-state index contributed by atoms with van der Waals surface area (Å²) >= 11 is 0. The Bertz CT molecular complexity index is 1180. The van der Waals surface area contributed by atoms with E-state index in [4.69, 9.17) is 0 Å². The summed E-state index contributed by atoms with van der Waals surface area (Å²) < 4.78 is 27.9. The SMILES string of the molecule is Cc1ncc2ccn(Cc3ccc(N[SH](=O)=O)cc3)c2c1-c1ccn(C)n1. The van der Waals surface area contributed by atoms with Gasteiger partial charge in [-0.25, -0.2) is 8.42 Å². The topological polar surface area (TPSA) is 81.8 Å². The van der Waals surface area contributed by atoms with Crippen LogP contribution in [0.15, 0.2) is 55.0 Å². The van der Waals surface area contributed by atoms with Crippen LogP contribution in [0.5, 0.6) is 0 Å². The quantitative estimate of drug-likeness (QED) is 0.521. The highest BCUT2D eigenvalue weighted by Crippen LogP contribution is 2.30. The van der Waals surface area contributed by atoms with Crippen molar-refractivity contribution in [2.75, 3.05) is 4.72 Å². The number of hydrogen-bond acceptors (Lipinski definition) is 4. The van der Waals surface area contributed by atoms with Crippen LogP contribution in [0.4, 0.5) is 5.69 Å². The van der Waals surface area contributed by atoms with Crippen LogP contribution < -0.4 is 4.72 Å². The van der Waals surface area contributed by atoms with Gasteiger partial charge < -0.3 is 4.57 Å². The second-order valence-electron chi connectivity index (χ2n) is 6.41. The van der Waals surface area contributed by atoms with Crippen LogP contribution >= 0.6 is 0 Å². The molecule has 8 heteroatoms. The molecule has 3 aromatic heterocycles. The molecule has 0 aliphatic rings. The van der Waals surface area contributed by atoms with E-state index in [1.807, 2.05) is 56.8 Å². The van der Waals surface area contributed by atoms with Crippen LogP contribution in [0.1, 0.15) is 11.3 Å². The van der Waals surface area contributed by atoms with Crippen molar-refractivity contribution in [3.8, 4) is 11.3 Å². The number of aromatic nitrogens is 4. The summed E-state index contributed by atoms with van der Waals surface area (Å²) in [7, 11) is -0.754. The highest BCUT2D eigenvalue weighted by molar-refractivity contribution is 7.73. The van der Waals surface area contributed by atoms with E-state index in [0.29, 0.717) is 12.2 Å². The zero-order valence-electron chi connectivity index (χ0n) is 15.0. The number of hydrogen-bond donors (Lipinski definition) is 2. The molecule has 0 bridgehead atoms. The molecule has 0 radical (unpaired) electrons. The molecular formula is C19H19N5O2S. The molecule has 1 N–H and O–H groups in total. The first kappa shape index (κ1) is 17.3. The van der Waals surface area contributed by atoms with Crippen molar-refractivity contribution in [3.05, 3.63) is 66.2 Å². The van der Waals surface area contributed by atoms with Gasteiger partial charge in [0.2, 0.25) is 10.9 Å². The van der Waals surface area contributed by atoms with Crippen LogP contribution in [0.3, 0.4) is 0 Å². The number of fused-ring (bicyclic) bond motifs is 1. The van der Waals surface area contributed by atoms with Crippen molar-refractivity contribution in [1.82, 2.24) is 19.3 Å². The summed E-state index contributed by atoms with van der Waals surface area (Å²) in [5.74, 6) is 0. The van der Waals surface area contributed by atoms with Gasteiger partial charge in [-0.1, -0.05) is 12.1 Å². The van der Waals surface area contributed by atoms with Gasteiger partial charge in [0.05, 0.1) is 11.2 Å². The summed E-state index contributed by atoms with van der Waals surface area (Å²) in [5, 5.41) is 5.61. The molecule has 0 fully saturated rings. The summed E-state index contributed by atoms with van der Waals surface area (Å²) in [6, 6.07) is 11.4. The Labute approximate surface area is 158 Å². The fraction of sp³-hybridized carbons (Fsp3) is 0.158. The van der Waals surface area contributed by atoms with Crippen molar-refractivity contribution in [2.45, 2.75) is 13.5 Å². The third kappa shape index (κ3) is 3.43. The lowest BCUT2D eigenvalue weighted by atomic mass is 10.1. The Morgan fingerprint density at radius 2 is 1.85 bits per heavy atom. The van der Waals surface area contributed by atoms with Gasteiger partial charge >= 0.3 is 0 Å². The van der Waals surface area contributed by atoms with Crippen LogP contribution in [-0.2, 0) is 24.5 Å². The third-order valence-corrected chi connectivity index (χ3v) is 4.93. The summed E-state index contributed by atoms with van der Waals surface area (Å²) in [6.45, 7) is 2.65. The predicted molar refractivity (Wildman–Crippen MR) is 106 cm³/mol. The largest absolute Gasteiger partial charge is 0.342 e. The molecule has 0 unspecified atom stereocenters. The lowest BCUT2D eigenvalue weighted by molar-refractivity contribution is 0.619. The second kappa shape index (κ2) is 6.88. The molecule has 0 aliphatic carbocycles. The maximum atomic E-state index is 10.8. The average Bonchev–Trinajstić information content (AvgIpc) is 3.23. The Balaban J connectivity index is 1.75. The van der Waals surface area contributed by atoms with E-state index in [2.05, 4.69) is 19.4 Å². The van der Waals surface area contributed by atoms with E-state index in [1.54, 1.807) is 16.8 Å². The molecule has 0 aliphatic heterocycles. The molecule has 3 heterocycles. The van der Waals surface area contributed by atoms with Gasteiger partial charge in [0.15, 0.2) is 0 Å². The maximum Gasteiger partial charge on any atom is 0.222 e. The first-order valence-electron chi connectivity index (χ1n) is 8.46. The first-order chi connectivity index (χ1) is 13.0. The summed E-state index contributed by atoms with van der Waals surface area (Å²) in [4.78, 5) is 4.52. The van der Waals surface area contributed by atoms with Crippen molar-refractivity contribution in [3.63, 3.8) is 0 Å². The van der Waals surface area contributed by atoms with Gasteiger partial charge in [-0.3, -0.25) is 14.4 Å². The smallest absolute Gasteiger partial charge is 0.222 e. The monoisotopic (exact) mass is 381 g/mol. The maximum absolute atomic E-state index is 10.8. The van der Waals surface area contributed by atoms with E-state index in [1.165, 1.54) is 0 Å². The lowest BCUT2D eigenvalue weighted by Crippen LogP contribution is -2.02. The number of nitrogens with zero attached hydrogens (tertiary/aromatic N) is 4. The highest BCUT2D eigenvalue weighted by atomic mass is 32.2. The van der Waals surface area contributed by atoms with Crippen LogP contribution in [-0.4, -0.2) is 27.7 Å². The van der Waals surface area contributed by atoms with E-state index < -0.39 is 10.9 Å². The number of anilines is 1. The number of benzene rings is 1. The molecule has 0 atom stereocenters. The minimum atomic E-state index is -2.65. The Hall–Kier alpha value is -3.13. The average molecular weight is 381 g/mol. The zero-order chi connectivity index (χ0) is 19.0. The molecule has 4 rings (SSSR count). The summed E-state index contributed by atoms with van der Waals surface area (Å²) in [5.41, 5.74) is 5.57. The fourth-order valence-electron chi connectivity index (χ4n) is 3.26. The molecule has 4 aromatic rings. The number of nitrogens with one attached hydrogen (secondary N) is 1. The molecule has 7 nitrogen and oxygen atoms in total. The molecular weight excluding hydrogens is 362 g/mol. The van der Waals surface area contributed by atoms with Crippen LogP contribution in [0, 0.1) is 6.92 Å². The molecule has 0 amide bonds. The molecule has 27 heavy (non-hydrogen) atoms. The second-order valence-corrected chi connectivity index (χ2v) is 7.14. The van der Waals surface area contributed by atoms with E-state index >= 15 is 0 Å². The first-order valence-corrected chi connectivity index (χ1v) is 9.63. The molecule has 0 spiro atoms. The van der Waals surface area contributed by atoms with E-state index in [0.717, 1.165) is 33.4 Å². The van der Waals surface area contributed by atoms with Crippen molar-refractivity contribution < 1.29 is 8.42 Å². The van der Waals surface area contributed by atoms with Crippen molar-refractivity contribution in [2.24, 2.45) is 7.05 Å². The molecule has 1 aromatic carbocycles. The van der Waals surface area contributed by atoms with Gasteiger partial charge in [-0.2, -0.15) is 5.10 Å². The van der Waals surface area contributed by atoms with Crippen LogP contribution in [0.25, 0.3) is 22.2 Å². The number of rotatable bonds is 5. The zero-order valence-corrected chi connectivity index (χ0v) is 15.9. The highest BCUT2D eigenvalue weighted by Gasteiger charge is 2.15. The van der Waals surface area contributed by atoms with Gasteiger partial charge in [0, 0.05) is 54.5 Å². The third-order valence-electron chi connectivity index (χ3n) is 4.49. The van der Waals surface area contributed by atoms with Gasteiger partial charge in [0.1, 0.15) is 0 Å². The van der Waals surface area contributed by atoms with E-state index in [-0.39, 0.29) is 0 Å². The number of thiol groups is 1. The molecule has 138 valence electrons. The van der Waals surface area contributed by atoms with Crippen molar-refractivity contribution in [1.29, 1.82) is 0 Å².